The molecular weight excluding hydrogens is 909 g/mol. The fraction of sp³-hybridized carbons (Fsp3) is 0.0833. The highest BCUT2D eigenvalue weighted by Crippen LogP contribution is 2.58. The van der Waals surface area contributed by atoms with Crippen LogP contribution in [-0.4, -0.2) is 0 Å². The fourth-order valence-corrected chi connectivity index (χ4v) is 11.1. The third kappa shape index (κ3) is 9.08. The van der Waals surface area contributed by atoms with Crippen LogP contribution in [0.5, 0.6) is 5.75 Å². The molecular formula is C72H58N2O. The van der Waals surface area contributed by atoms with E-state index in [4.69, 9.17) is 4.74 Å². The first kappa shape index (κ1) is 46.9. The molecule has 0 saturated carbocycles. The average Bonchev–Trinajstić information content (AvgIpc) is 3.94. The molecule has 3 nitrogen and oxygen atoms in total. The summed E-state index contributed by atoms with van der Waals surface area (Å²) in [4.78, 5) is 4.63. The number of nitrogens with zero attached hydrogens (tertiary/aromatic N) is 2. The highest BCUT2D eigenvalue weighted by molar-refractivity contribution is 5.91. The maximum Gasteiger partial charge on any atom is 0.119 e. The van der Waals surface area contributed by atoms with Crippen LogP contribution in [0.25, 0.3) is 33.4 Å². The zero-order valence-electron chi connectivity index (χ0n) is 42.4. The lowest BCUT2D eigenvalue weighted by Gasteiger charge is -2.34. The van der Waals surface area contributed by atoms with Gasteiger partial charge < -0.3 is 14.5 Å². The van der Waals surface area contributed by atoms with E-state index in [-0.39, 0.29) is 0 Å². The lowest BCUT2D eigenvalue weighted by molar-refractivity contribution is 0.306. The van der Waals surface area contributed by atoms with Gasteiger partial charge in [0.2, 0.25) is 0 Å². The van der Waals surface area contributed by atoms with Crippen molar-refractivity contribution in [1.82, 2.24) is 0 Å². The molecule has 1 aliphatic carbocycles. The highest BCUT2D eigenvalue weighted by Gasteiger charge is 2.46. The first-order valence-electron chi connectivity index (χ1n) is 26.2. The number of benzene rings is 11. The minimum atomic E-state index is -0.656. The van der Waals surface area contributed by atoms with Crippen LogP contribution < -0.4 is 14.5 Å². The van der Waals surface area contributed by atoms with E-state index in [0.717, 1.165) is 74.1 Å². The Balaban J connectivity index is 0.963. The quantitative estimate of drug-likeness (QED) is 0.102. The second-order valence-corrected chi connectivity index (χ2v) is 19.6. The van der Waals surface area contributed by atoms with Gasteiger partial charge in [-0.05, 0) is 176 Å². The summed E-state index contributed by atoms with van der Waals surface area (Å²) in [5, 5.41) is 0. The fourth-order valence-electron chi connectivity index (χ4n) is 11.1. The second-order valence-electron chi connectivity index (χ2n) is 19.6. The number of ether oxygens (including phenoxy) is 1. The van der Waals surface area contributed by atoms with Gasteiger partial charge in [-0.25, -0.2) is 0 Å². The van der Waals surface area contributed by atoms with E-state index in [2.05, 4.69) is 309 Å². The van der Waals surface area contributed by atoms with E-state index in [1.54, 1.807) is 0 Å². The Morgan fingerprint density at radius 3 is 1.12 bits per heavy atom. The minimum Gasteiger partial charge on any atom is -0.489 e. The molecule has 0 fully saturated rings. The van der Waals surface area contributed by atoms with Crippen molar-refractivity contribution in [2.45, 2.75) is 38.2 Å². The van der Waals surface area contributed by atoms with Gasteiger partial charge in [0.15, 0.2) is 0 Å². The molecule has 3 heteroatoms. The van der Waals surface area contributed by atoms with Gasteiger partial charge in [0.25, 0.3) is 0 Å². The molecule has 75 heavy (non-hydrogen) atoms. The summed E-state index contributed by atoms with van der Waals surface area (Å²) in [5.74, 6) is 1.38. The lowest BCUT2D eigenvalue weighted by atomic mass is 9.67. The van der Waals surface area contributed by atoms with Crippen LogP contribution in [0.4, 0.5) is 34.1 Å². The van der Waals surface area contributed by atoms with Gasteiger partial charge in [0, 0.05) is 34.1 Å². The predicted molar refractivity (Wildman–Crippen MR) is 313 cm³/mol. The molecule has 0 spiro atoms. The minimum absolute atomic E-state index is 0.503. The summed E-state index contributed by atoms with van der Waals surface area (Å²) in [6.07, 6.45) is 1.12. The van der Waals surface area contributed by atoms with Crippen LogP contribution in [0.1, 0.15) is 59.6 Å². The number of para-hydroxylation sites is 4. The van der Waals surface area contributed by atoms with Crippen LogP contribution in [0.15, 0.2) is 285 Å². The molecule has 0 N–H and O–H groups in total. The smallest absolute Gasteiger partial charge is 0.119 e. The standard InChI is InChI=1S/C72H58N2O/c1-3-52(2)54-31-29-53(30-32-54)51-75-67-45-39-60(40-46-67)72(59-19-9-4-10-20-59)70-49-57(55-33-41-65(42-34-55)73(61-21-11-5-12-22-61)62-23-13-6-14-24-62)37-47-68(70)69-48-38-58(50-71(69)72)56-35-43-66(44-36-56)74(63-25-15-7-16-26-63)64-27-17-8-18-28-64/h4-50,52H,3,51H2,1-2H3. The predicted octanol–water partition coefficient (Wildman–Crippen LogP) is 19.4. The average molecular weight is 967 g/mol. The lowest BCUT2D eigenvalue weighted by Crippen LogP contribution is -2.28. The molecule has 0 bridgehead atoms. The Morgan fingerprint density at radius 2 is 0.720 bits per heavy atom. The molecule has 0 aromatic heterocycles. The van der Waals surface area contributed by atoms with Gasteiger partial charge in [-0.15, -0.1) is 0 Å². The van der Waals surface area contributed by atoms with E-state index in [1.807, 2.05) is 0 Å². The van der Waals surface area contributed by atoms with E-state index in [9.17, 15) is 0 Å². The largest absolute Gasteiger partial charge is 0.489 e. The maximum atomic E-state index is 6.53. The van der Waals surface area contributed by atoms with Gasteiger partial charge in [-0.2, -0.15) is 0 Å². The van der Waals surface area contributed by atoms with Crippen molar-refractivity contribution in [3.05, 3.63) is 318 Å². The Hall–Kier alpha value is -9.18. The first-order chi connectivity index (χ1) is 37.0. The Bertz CT molecular complexity index is 3400. The second kappa shape index (κ2) is 20.7. The molecule has 1 aliphatic rings. The summed E-state index contributed by atoms with van der Waals surface area (Å²) in [5.41, 5.74) is 20.5. The molecule has 362 valence electrons. The van der Waals surface area contributed by atoms with E-state index < -0.39 is 5.41 Å². The number of rotatable bonds is 15. The monoisotopic (exact) mass is 966 g/mol. The van der Waals surface area contributed by atoms with Gasteiger partial charge in [-0.1, -0.05) is 202 Å². The van der Waals surface area contributed by atoms with E-state index in [1.165, 1.54) is 38.9 Å². The number of hydrogen-bond donors (Lipinski definition) is 0. The summed E-state index contributed by atoms with van der Waals surface area (Å²) >= 11 is 0. The Kier molecular flexibility index (Phi) is 13.0. The molecule has 11 aromatic carbocycles. The third-order valence-corrected chi connectivity index (χ3v) is 15.2. The topological polar surface area (TPSA) is 15.7 Å². The van der Waals surface area contributed by atoms with E-state index in [0.29, 0.717) is 12.5 Å². The van der Waals surface area contributed by atoms with Crippen molar-refractivity contribution in [2.24, 2.45) is 0 Å². The van der Waals surface area contributed by atoms with Crippen LogP contribution in [0.3, 0.4) is 0 Å². The van der Waals surface area contributed by atoms with Crippen molar-refractivity contribution >= 4 is 34.1 Å². The van der Waals surface area contributed by atoms with Crippen molar-refractivity contribution in [2.75, 3.05) is 9.80 Å². The molecule has 0 saturated heterocycles. The Morgan fingerprint density at radius 1 is 0.360 bits per heavy atom. The molecule has 0 amide bonds. The van der Waals surface area contributed by atoms with Gasteiger partial charge in [-0.3, -0.25) is 0 Å². The molecule has 1 atom stereocenters. The molecule has 0 radical (unpaired) electrons. The summed E-state index contributed by atoms with van der Waals surface area (Å²) in [7, 11) is 0. The van der Waals surface area contributed by atoms with Crippen LogP contribution in [-0.2, 0) is 12.0 Å². The van der Waals surface area contributed by atoms with Crippen molar-refractivity contribution in [1.29, 1.82) is 0 Å². The summed E-state index contributed by atoms with van der Waals surface area (Å²) in [6, 6.07) is 104. The number of fused-ring (bicyclic) bond motifs is 3. The summed E-state index contributed by atoms with van der Waals surface area (Å²) in [6.45, 7) is 5.03. The van der Waals surface area contributed by atoms with Gasteiger partial charge in [0.1, 0.15) is 12.4 Å². The van der Waals surface area contributed by atoms with Crippen LogP contribution in [0.2, 0.25) is 0 Å². The Labute approximate surface area is 442 Å². The van der Waals surface area contributed by atoms with Gasteiger partial charge in [0.05, 0.1) is 5.41 Å². The van der Waals surface area contributed by atoms with Crippen molar-refractivity contribution in [3.63, 3.8) is 0 Å². The number of hydrogen-bond acceptors (Lipinski definition) is 3. The van der Waals surface area contributed by atoms with Crippen molar-refractivity contribution < 1.29 is 4.74 Å². The maximum absolute atomic E-state index is 6.53. The van der Waals surface area contributed by atoms with Crippen LogP contribution >= 0.6 is 0 Å². The zero-order chi connectivity index (χ0) is 50.6. The molecule has 1 unspecified atom stereocenters. The number of anilines is 6. The normalized spacial score (nSPS) is 12.6. The zero-order valence-corrected chi connectivity index (χ0v) is 42.4. The molecule has 12 rings (SSSR count). The molecule has 11 aromatic rings. The third-order valence-electron chi connectivity index (χ3n) is 15.2. The summed E-state index contributed by atoms with van der Waals surface area (Å²) < 4.78 is 6.53. The van der Waals surface area contributed by atoms with Crippen molar-refractivity contribution in [3.8, 4) is 39.1 Å². The molecule has 0 heterocycles. The van der Waals surface area contributed by atoms with E-state index >= 15 is 0 Å². The highest BCUT2D eigenvalue weighted by atomic mass is 16.5. The van der Waals surface area contributed by atoms with Crippen LogP contribution in [0, 0.1) is 0 Å². The SMILES string of the molecule is CCC(C)c1ccc(COc2ccc(C3(c4ccccc4)c4cc(-c5ccc(N(c6ccccc6)c6ccccc6)cc5)ccc4-c4ccc(-c5ccc(N(c6ccccc6)c6ccccc6)cc5)cc43)cc2)cc1. The molecule has 0 aliphatic heterocycles. The van der Waals surface area contributed by atoms with Gasteiger partial charge >= 0.3 is 0 Å². The first-order valence-corrected chi connectivity index (χ1v) is 26.2.